The quantitative estimate of drug-likeness (QED) is 0.451. The number of carbonyl (C=O) groups is 1. The minimum absolute atomic E-state index is 0.132. The van der Waals surface area contributed by atoms with Crippen molar-refractivity contribution in [3.8, 4) is 28.3 Å². The van der Waals surface area contributed by atoms with Crippen LogP contribution in [0, 0.1) is 11.6 Å². The zero-order valence-corrected chi connectivity index (χ0v) is 17.2. The Labute approximate surface area is 183 Å². The molecule has 5 nitrogen and oxygen atoms in total. The lowest BCUT2D eigenvalue weighted by molar-refractivity contribution is -0.115. The van der Waals surface area contributed by atoms with Gasteiger partial charge in [-0.05, 0) is 42.0 Å². The third kappa shape index (κ3) is 4.78. The molecular formula is C25H19F2N3O2. The zero-order valence-electron chi connectivity index (χ0n) is 17.2. The SMILES string of the molecule is COc1ccc(-c2cnc(NC(=O)Cc3ccc(F)c(F)c3)c(-c3ccccc3)n2)cc1. The number of aromatic nitrogens is 2. The summed E-state index contributed by atoms with van der Waals surface area (Å²) in [6.45, 7) is 0. The molecule has 1 heterocycles. The van der Waals surface area contributed by atoms with Crippen LogP contribution < -0.4 is 10.1 Å². The van der Waals surface area contributed by atoms with Gasteiger partial charge in [0.2, 0.25) is 5.91 Å². The van der Waals surface area contributed by atoms with Gasteiger partial charge in [0, 0.05) is 11.1 Å². The number of hydrogen-bond acceptors (Lipinski definition) is 4. The average molecular weight is 431 g/mol. The van der Waals surface area contributed by atoms with Crippen LogP contribution in [-0.4, -0.2) is 23.0 Å². The summed E-state index contributed by atoms with van der Waals surface area (Å²) in [4.78, 5) is 21.7. The Bertz CT molecular complexity index is 1250. The van der Waals surface area contributed by atoms with Crippen LogP contribution in [0.1, 0.15) is 5.56 Å². The molecule has 0 aliphatic carbocycles. The third-order valence-corrected chi connectivity index (χ3v) is 4.81. The lowest BCUT2D eigenvalue weighted by atomic mass is 10.1. The maximum Gasteiger partial charge on any atom is 0.230 e. The van der Waals surface area contributed by atoms with E-state index in [0.717, 1.165) is 29.0 Å². The Balaban J connectivity index is 1.64. The van der Waals surface area contributed by atoms with Gasteiger partial charge in [0.05, 0.1) is 25.4 Å². The summed E-state index contributed by atoms with van der Waals surface area (Å²) in [5.74, 6) is -1.36. The van der Waals surface area contributed by atoms with Crippen molar-refractivity contribution < 1.29 is 18.3 Å². The summed E-state index contributed by atoms with van der Waals surface area (Å²) < 4.78 is 31.8. The molecule has 0 fully saturated rings. The molecular weight excluding hydrogens is 412 g/mol. The van der Waals surface area contributed by atoms with Crippen molar-refractivity contribution in [1.82, 2.24) is 9.97 Å². The maximum atomic E-state index is 13.5. The largest absolute Gasteiger partial charge is 0.497 e. The number of ether oxygens (including phenoxy) is 1. The van der Waals surface area contributed by atoms with Gasteiger partial charge in [-0.1, -0.05) is 36.4 Å². The number of benzene rings is 3. The van der Waals surface area contributed by atoms with Crippen LogP contribution in [-0.2, 0) is 11.2 Å². The van der Waals surface area contributed by atoms with E-state index in [1.165, 1.54) is 6.07 Å². The molecule has 1 aromatic heterocycles. The molecule has 0 saturated carbocycles. The highest BCUT2D eigenvalue weighted by atomic mass is 19.2. The first kappa shape index (κ1) is 21.1. The molecule has 1 amide bonds. The summed E-state index contributed by atoms with van der Waals surface area (Å²) in [5, 5.41) is 2.74. The van der Waals surface area contributed by atoms with E-state index in [1.54, 1.807) is 13.3 Å². The average Bonchev–Trinajstić information content (AvgIpc) is 2.82. The van der Waals surface area contributed by atoms with Crippen molar-refractivity contribution >= 4 is 11.7 Å². The highest BCUT2D eigenvalue weighted by molar-refractivity contribution is 5.94. The molecule has 4 rings (SSSR count). The number of hydrogen-bond donors (Lipinski definition) is 1. The van der Waals surface area contributed by atoms with Crippen LogP contribution in [0.3, 0.4) is 0 Å². The monoisotopic (exact) mass is 431 g/mol. The molecule has 4 aromatic rings. The van der Waals surface area contributed by atoms with E-state index in [2.05, 4.69) is 10.3 Å². The molecule has 0 atom stereocenters. The minimum atomic E-state index is -0.996. The standard InChI is InChI=1S/C25H19F2N3O2/c1-32-19-10-8-17(9-11-19)22-15-28-25(24(29-22)18-5-3-2-4-6-18)30-23(31)14-16-7-12-20(26)21(27)13-16/h2-13,15H,14H2,1H3,(H,28,30,31). The number of methoxy groups -OCH3 is 1. The molecule has 0 unspecified atom stereocenters. The number of nitrogens with one attached hydrogen (secondary N) is 1. The number of anilines is 1. The number of halogens is 2. The number of carbonyl (C=O) groups excluding carboxylic acids is 1. The third-order valence-electron chi connectivity index (χ3n) is 4.81. The highest BCUT2D eigenvalue weighted by Crippen LogP contribution is 2.28. The van der Waals surface area contributed by atoms with Gasteiger partial charge in [-0.15, -0.1) is 0 Å². The van der Waals surface area contributed by atoms with Crippen LogP contribution in [0.5, 0.6) is 5.75 Å². The van der Waals surface area contributed by atoms with Gasteiger partial charge in [0.15, 0.2) is 17.5 Å². The van der Waals surface area contributed by atoms with Crippen molar-refractivity contribution in [2.45, 2.75) is 6.42 Å². The normalized spacial score (nSPS) is 10.6. The van der Waals surface area contributed by atoms with E-state index >= 15 is 0 Å². The smallest absolute Gasteiger partial charge is 0.230 e. The zero-order chi connectivity index (χ0) is 22.5. The van der Waals surface area contributed by atoms with E-state index in [-0.39, 0.29) is 12.2 Å². The molecule has 1 N–H and O–H groups in total. The van der Waals surface area contributed by atoms with E-state index in [1.807, 2.05) is 54.6 Å². The highest BCUT2D eigenvalue weighted by Gasteiger charge is 2.15. The minimum Gasteiger partial charge on any atom is -0.497 e. The number of nitrogens with zero attached hydrogens (tertiary/aromatic N) is 2. The molecule has 3 aromatic carbocycles. The van der Waals surface area contributed by atoms with Gasteiger partial charge < -0.3 is 10.1 Å². The van der Waals surface area contributed by atoms with Crippen molar-refractivity contribution in [3.63, 3.8) is 0 Å². The molecule has 7 heteroatoms. The molecule has 0 bridgehead atoms. The van der Waals surface area contributed by atoms with Crippen LogP contribution in [0.2, 0.25) is 0 Å². The van der Waals surface area contributed by atoms with E-state index in [9.17, 15) is 13.6 Å². The van der Waals surface area contributed by atoms with Gasteiger partial charge in [-0.25, -0.2) is 18.7 Å². The molecule has 0 aliphatic rings. The van der Waals surface area contributed by atoms with Gasteiger partial charge >= 0.3 is 0 Å². The second-order valence-electron chi connectivity index (χ2n) is 7.02. The number of rotatable bonds is 6. The Kier molecular flexibility index (Phi) is 6.17. The summed E-state index contributed by atoms with van der Waals surface area (Å²) in [6, 6.07) is 20.1. The van der Waals surface area contributed by atoms with Crippen LogP contribution >= 0.6 is 0 Å². The van der Waals surface area contributed by atoms with Crippen molar-refractivity contribution in [2.24, 2.45) is 0 Å². The predicted molar refractivity (Wildman–Crippen MR) is 118 cm³/mol. The lowest BCUT2D eigenvalue weighted by Crippen LogP contribution is -2.17. The lowest BCUT2D eigenvalue weighted by Gasteiger charge is -2.12. The van der Waals surface area contributed by atoms with E-state index < -0.39 is 17.5 Å². The van der Waals surface area contributed by atoms with Crippen LogP contribution in [0.4, 0.5) is 14.6 Å². The van der Waals surface area contributed by atoms with E-state index in [4.69, 9.17) is 9.72 Å². The summed E-state index contributed by atoms with van der Waals surface area (Å²) in [7, 11) is 1.60. The molecule has 0 spiro atoms. The Morgan fingerprint density at radius 1 is 0.938 bits per heavy atom. The Morgan fingerprint density at radius 3 is 2.38 bits per heavy atom. The van der Waals surface area contributed by atoms with Gasteiger partial charge in [-0.3, -0.25) is 4.79 Å². The predicted octanol–water partition coefficient (Wildman–Crippen LogP) is 5.28. The maximum absolute atomic E-state index is 13.5. The first-order valence-corrected chi connectivity index (χ1v) is 9.84. The topological polar surface area (TPSA) is 64.1 Å². The second kappa shape index (κ2) is 9.34. The van der Waals surface area contributed by atoms with Crippen LogP contribution in [0.25, 0.3) is 22.5 Å². The van der Waals surface area contributed by atoms with E-state index in [0.29, 0.717) is 17.0 Å². The Morgan fingerprint density at radius 2 is 1.69 bits per heavy atom. The summed E-state index contributed by atoms with van der Waals surface area (Å²) in [6.07, 6.45) is 1.44. The molecule has 0 radical (unpaired) electrons. The Hall–Kier alpha value is -4.13. The fourth-order valence-electron chi connectivity index (χ4n) is 3.19. The molecule has 160 valence electrons. The second-order valence-corrected chi connectivity index (χ2v) is 7.02. The summed E-state index contributed by atoms with van der Waals surface area (Å²) >= 11 is 0. The molecule has 0 aliphatic heterocycles. The van der Waals surface area contributed by atoms with Gasteiger partial charge in [-0.2, -0.15) is 0 Å². The van der Waals surface area contributed by atoms with Crippen molar-refractivity contribution in [1.29, 1.82) is 0 Å². The van der Waals surface area contributed by atoms with Crippen molar-refractivity contribution in [3.05, 3.63) is 96.2 Å². The molecule has 32 heavy (non-hydrogen) atoms. The van der Waals surface area contributed by atoms with Crippen molar-refractivity contribution in [2.75, 3.05) is 12.4 Å². The fourth-order valence-corrected chi connectivity index (χ4v) is 3.19. The molecule has 0 saturated heterocycles. The van der Waals surface area contributed by atoms with Gasteiger partial charge in [0.25, 0.3) is 0 Å². The first-order chi connectivity index (χ1) is 15.5. The fraction of sp³-hybridized carbons (Fsp3) is 0.0800. The first-order valence-electron chi connectivity index (χ1n) is 9.84. The van der Waals surface area contributed by atoms with Gasteiger partial charge in [0.1, 0.15) is 11.4 Å². The summed E-state index contributed by atoms with van der Waals surface area (Å²) in [5.41, 5.74) is 3.10. The van der Waals surface area contributed by atoms with Crippen LogP contribution in [0.15, 0.2) is 79.0 Å². The number of amides is 1.